The highest BCUT2D eigenvalue weighted by Gasteiger charge is 2.11. The molecule has 2 aromatic rings. The summed E-state index contributed by atoms with van der Waals surface area (Å²) in [6, 6.07) is 11.1. The Kier molecular flexibility index (Phi) is 7.77. The highest BCUT2D eigenvalue weighted by atomic mass is 16.5. The van der Waals surface area contributed by atoms with Crippen molar-refractivity contribution in [1.29, 1.82) is 0 Å². The molecule has 0 bridgehead atoms. The molecule has 0 aliphatic rings. The third-order valence-electron chi connectivity index (χ3n) is 4.38. The number of carbonyl (C=O) groups excluding carboxylic acids is 2. The van der Waals surface area contributed by atoms with E-state index >= 15 is 0 Å². The van der Waals surface area contributed by atoms with E-state index in [-0.39, 0.29) is 24.7 Å². The molecule has 0 fully saturated rings. The average Bonchev–Trinajstić information content (AvgIpc) is 2.71. The first-order valence-corrected chi connectivity index (χ1v) is 9.26. The fraction of sp³-hybridized carbons (Fsp3) is 0.318. The first-order valence-electron chi connectivity index (χ1n) is 9.26. The molecule has 29 heavy (non-hydrogen) atoms. The van der Waals surface area contributed by atoms with Gasteiger partial charge in [-0.2, -0.15) is 5.10 Å². The maximum Gasteiger partial charge on any atom is 0.240 e. The van der Waals surface area contributed by atoms with Crippen molar-refractivity contribution in [3.05, 3.63) is 53.1 Å². The number of nitrogens with one attached hydrogen (secondary N) is 2. The lowest BCUT2D eigenvalue weighted by molar-refractivity contribution is -0.124. The van der Waals surface area contributed by atoms with Gasteiger partial charge in [0.25, 0.3) is 0 Å². The highest BCUT2D eigenvalue weighted by Crippen LogP contribution is 2.25. The van der Waals surface area contributed by atoms with Gasteiger partial charge in [0.1, 0.15) is 11.5 Å². The van der Waals surface area contributed by atoms with Crippen LogP contribution in [0.3, 0.4) is 0 Å². The van der Waals surface area contributed by atoms with Crippen LogP contribution in [0.2, 0.25) is 0 Å². The molecule has 7 nitrogen and oxygen atoms in total. The summed E-state index contributed by atoms with van der Waals surface area (Å²) in [5.74, 6) is 0.696. The number of methoxy groups -OCH3 is 2. The molecule has 154 valence electrons. The van der Waals surface area contributed by atoms with Gasteiger partial charge in [-0.1, -0.05) is 17.7 Å². The van der Waals surface area contributed by atoms with Crippen molar-refractivity contribution in [3.63, 3.8) is 0 Å². The largest absolute Gasteiger partial charge is 0.497 e. The minimum atomic E-state index is -0.340. The van der Waals surface area contributed by atoms with Gasteiger partial charge < -0.3 is 14.8 Å². The molecular weight excluding hydrogens is 370 g/mol. The smallest absolute Gasteiger partial charge is 0.240 e. The Hall–Kier alpha value is -3.35. The molecule has 0 atom stereocenters. The molecule has 2 aromatic carbocycles. The average molecular weight is 397 g/mol. The minimum absolute atomic E-state index is 0.0350. The van der Waals surface area contributed by atoms with Gasteiger partial charge in [0.15, 0.2) is 0 Å². The van der Waals surface area contributed by atoms with Crippen LogP contribution in [0.15, 0.2) is 41.5 Å². The molecule has 2 amide bonds. The molecule has 0 spiro atoms. The Bertz CT molecular complexity index is 922. The van der Waals surface area contributed by atoms with Gasteiger partial charge in [0.2, 0.25) is 11.8 Å². The molecule has 2 rings (SSSR count). The normalized spacial score (nSPS) is 11.0. The van der Waals surface area contributed by atoms with E-state index in [1.165, 1.54) is 0 Å². The van der Waals surface area contributed by atoms with E-state index in [4.69, 9.17) is 9.47 Å². The van der Waals surface area contributed by atoms with Crippen molar-refractivity contribution in [2.24, 2.45) is 5.10 Å². The first kappa shape index (κ1) is 21.9. The molecule has 0 saturated carbocycles. The first-order chi connectivity index (χ1) is 13.8. The van der Waals surface area contributed by atoms with Crippen LogP contribution >= 0.6 is 0 Å². The summed E-state index contributed by atoms with van der Waals surface area (Å²) in [6.45, 7) is 5.69. The fourth-order valence-electron chi connectivity index (χ4n) is 2.75. The van der Waals surface area contributed by atoms with Gasteiger partial charge in [-0.3, -0.25) is 9.59 Å². The van der Waals surface area contributed by atoms with Crippen molar-refractivity contribution < 1.29 is 19.1 Å². The number of aryl methyl sites for hydroxylation is 2. The minimum Gasteiger partial charge on any atom is -0.497 e. The number of hydrazone groups is 1. The number of hydrogen-bond donors (Lipinski definition) is 2. The zero-order valence-corrected chi connectivity index (χ0v) is 17.5. The number of ether oxygens (including phenoxy) is 2. The van der Waals surface area contributed by atoms with Crippen LogP contribution in [0.4, 0.5) is 5.69 Å². The SMILES string of the molecule is COc1ccc(/C(C)=N\NC(=O)CCC(=O)Nc2ccc(C)cc2C)c(OC)c1. The van der Waals surface area contributed by atoms with Gasteiger partial charge >= 0.3 is 0 Å². The van der Waals surface area contributed by atoms with E-state index in [1.807, 2.05) is 32.0 Å². The van der Waals surface area contributed by atoms with Crippen molar-refractivity contribution >= 4 is 23.2 Å². The lowest BCUT2D eigenvalue weighted by Crippen LogP contribution is -2.22. The van der Waals surface area contributed by atoms with Gasteiger partial charge in [-0.15, -0.1) is 0 Å². The van der Waals surface area contributed by atoms with Crippen LogP contribution in [0.25, 0.3) is 0 Å². The van der Waals surface area contributed by atoms with Gasteiger partial charge in [0, 0.05) is 30.2 Å². The Morgan fingerprint density at radius 2 is 1.69 bits per heavy atom. The van der Waals surface area contributed by atoms with Gasteiger partial charge in [-0.05, 0) is 44.5 Å². The molecule has 0 aromatic heterocycles. The van der Waals surface area contributed by atoms with Crippen LogP contribution < -0.4 is 20.2 Å². The van der Waals surface area contributed by atoms with Crippen molar-refractivity contribution in [1.82, 2.24) is 5.43 Å². The van der Waals surface area contributed by atoms with E-state index in [0.29, 0.717) is 17.2 Å². The second-order valence-electron chi connectivity index (χ2n) is 6.66. The molecule has 0 radical (unpaired) electrons. The summed E-state index contributed by atoms with van der Waals surface area (Å²) in [5.41, 5.74) is 6.66. The topological polar surface area (TPSA) is 89.0 Å². The Balaban J connectivity index is 1.89. The van der Waals surface area contributed by atoms with Crippen LogP contribution in [0, 0.1) is 13.8 Å². The second-order valence-corrected chi connectivity index (χ2v) is 6.66. The maximum absolute atomic E-state index is 12.1. The van der Waals surface area contributed by atoms with E-state index in [0.717, 1.165) is 22.4 Å². The summed E-state index contributed by atoms with van der Waals surface area (Å²) in [5, 5.41) is 6.94. The molecule has 0 aliphatic carbocycles. The summed E-state index contributed by atoms with van der Waals surface area (Å²) in [6.07, 6.45) is 0.104. The number of amides is 2. The van der Waals surface area contributed by atoms with Crippen LogP contribution in [-0.2, 0) is 9.59 Å². The van der Waals surface area contributed by atoms with Crippen LogP contribution in [0.5, 0.6) is 11.5 Å². The monoisotopic (exact) mass is 397 g/mol. The predicted octanol–water partition coefficient (Wildman–Crippen LogP) is 3.58. The number of carbonyl (C=O) groups is 2. The number of rotatable bonds is 8. The fourth-order valence-corrected chi connectivity index (χ4v) is 2.75. The van der Waals surface area contributed by atoms with Crippen molar-refractivity contribution in [2.75, 3.05) is 19.5 Å². The van der Waals surface area contributed by atoms with E-state index < -0.39 is 0 Å². The third kappa shape index (κ3) is 6.34. The van der Waals surface area contributed by atoms with Gasteiger partial charge in [0.05, 0.1) is 19.9 Å². The zero-order valence-electron chi connectivity index (χ0n) is 17.5. The summed E-state index contributed by atoms with van der Waals surface area (Å²) >= 11 is 0. The lowest BCUT2D eigenvalue weighted by atomic mass is 10.1. The molecular formula is C22H27N3O4. The zero-order chi connectivity index (χ0) is 21.4. The highest BCUT2D eigenvalue weighted by molar-refractivity contribution is 6.02. The molecule has 0 saturated heterocycles. The van der Waals surface area contributed by atoms with Crippen LogP contribution in [0.1, 0.15) is 36.5 Å². The van der Waals surface area contributed by atoms with E-state index in [2.05, 4.69) is 15.8 Å². The van der Waals surface area contributed by atoms with Crippen molar-refractivity contribution in [3.8, 4) is 11.5 Å². The standard InChI is InChI=1S/C22H27N3O4/c1-14-6-9-19(15(2)12-14)23-21(26)10-11-22(27)25-24-16(3)18-8-7-17(28-4)13-20(18)29-5/h6-9,12-13H,10-11H2,1-5H3,(H,23,26)(H,25,27)/b24-16-. The van der Waals surface area contributed by atoms with Crippen molar-refractivity contribution in [2.45, 2.75) is 33.6 Å². The summed E-state index contributed by atoms with van der Waals surface area (Å²) in [7, 11) is 3.13. The number of benzene rings is 2. The lowest BCUT2D eigenvalue weighted by Gasteiger charge is -2.10. The Morgan fingerprint density at radius 1 is 0.966 bits per heavy atom. The molecule has 7 heteroatoms. The maximum atomic E-state index is 12.1. The molecule has 0 aliphatic heterocycles. The van der Waals surface area contributed by atoms with E-state index in [1.54, 1.807) is 39.3 Å². The van der Waals surface area contributed by atoms with Gasteiger partial charge in [-0.25, -0.2) is 5.43 Å². The third-order valence-corrected chi connectivity index (χ3v) is 4.38. The molecule has 2 N–H and O–H groups in total. The second kappa shape index (κ2) is 10.3. The molecule has 0 heterocycles. The quantitative estimate of drug-likeness (QED) is 0.526. The predicted molar refractivity (Wildman–Crippen MR) is 114 cm³/mol. The summed E-state index contributed by atoms with van der Waals surface area (Å²) in [4.78, 5) is 24.2. The van der Waals surface area contributed by atoms with Crippen LogP contribution in [-0.4, -0.2) is 31.7 Å². The Morgan fingerprint density at radius 3 is 2.34 bits per heavy atom. The number of anilines is 1. The number of hydrogen-bond acceptors (Lipinski definition) is 5. The summed E-state index contributed by atoms with van der Waals surface area (Å²) < 4.78 is 10.5. The van der Waals surface area contributed by atoms with E-state index in [9.17, 15) is 9.59 Å². The molecule has 0 unspecified atom stereocenters. The number of nitrogens with zero attached hydrogens (tertiary/aromatic N) is 1. The Labute approximate surface area is 171 Å².